The van der Waals surface area contributed by atoms with Gasteiger partial charge in [0.2, 0.25) is 5.95 Å². The number of aromatic nitrogens is 6. The van der Waals surface area contributed by atoms with E-state index in [9.17, 15) is 0 Å². The van der Waals surface area contributed by atoms with Crippen molar-refractivity contribution >= 4 is 22.8 Å². The second-order valence-corrected chi connectivity index (χ2v) is 4.49. The molecule has 0 aliphatic rings. The van der Waals surface area contributed by atoms with Gasteiger partial charge in [-0.3, -0.25) is 9.78 Å². The van der Waals surface area contributed by atoms with Gasteiger partial charge in [0.15, 0.2) is 5.65 Å². The van der Waals surface area contributed by atoms with Crippen LogP contribution >= 0.6 is 0 Å². The maximum absolute atomic E-state index is 4.40. The molecule has 3 aromatic rings. The number of H-pyrrole nitrogens is 1. The predicted molar refractivity (Wildman–Crippen MR) is 76.7 cm³/mol. The van der Waals surface area contributed by atoms with Crippen molar-refractivity contribution in [1.82, 2.24) is 29.9 Å². The summed E-state index contributed by atoms with van der Waals surface area (Å²) in [6.45, 7) is 3.52. The fraction of sp³-hybridized carbons (Fsp3) is 0.333. The number of nitrogens with zero attached hydrogens (tertiary/aromatic N) is 5. The zero-order valence-corrected chi connectivity index (χ0v) is 11.4. The maximum Gasteiger partial charge on any atom is 0.226 e. The van der Waals surface area contributed by atoms with Crippen molar-refractivity contribution < 1.29 is 0 Å². The summed E-state index contributed by atoms with van der Waals surface area (Å²) < 4.78 is 1.90. The lowest BCUT2D eigenvalue weighted by Gasteiger charge is -2.08. The molecule has 0 bridgehead atoms. The van der Waals surface area contributed by atoms with E-state index >= 15 is 0 Å². The number of aryl methyl sites for hydroxylation is 1. The first-order valence-electron chi connectivity index (χ1n) is 6.38. The Bertz CT molecular complexity index is 713. The Kier molecular flexibility index (Phi) is 3.20. The average molecular weight is 272 g/mol. The van der Waals surface area contributed by atoms with Crippen LogP contribution in [0.15, 0.2) is 18.6 Å². The summed E-state index contributed by atoms with van der Waals surface area (Å²) in [5.74, 6) is 1.32. The molecule has 0 atom stereocenters. The first kappa shape index (κ1) is 12.4. The molecule has 3 rings (SSSR count). The smallest absolute Gasteiger partial charge is 0.226 e. The molecule has 0 spiro atoms. The number of nitrogens with one attached hydrogen (secondary N) is 3. The van der Waals surface area contributed by atoms with Crippen LogP contribution < -0.4 is 10.6 Å². The molecule has 0 fully saturated rings. The minimum Gasteiger partial charge on any atom is -0.367 e. The molecule has 20 heavy (non-hydrogen) atoms. The van der Waals surface area contributed by atoms with E-state index in [-0.39, 0.29) is 0 Å². The topological polar surface area (TPSA) is 96.3 Å². The molecule has 0 aromatic carbocycles. The number of hydrogen-bond acceptors (Lipinski definition) is 6. The normalized spacial score (nSPS) is 10.9. The van der Waals surface area contributed by atoms with Gasteiger partial charge in [-0.25, -0.2) is 0 Å². The zero-order chi connectivity index (χ0) is 13.9. The van der Waals surface area contributed by atoms with Gasteiger partial charge in [0, 0.05) is 19.8 Å². The van der Waals surface area contributed by atoms with Gasteiger partial charge in [-0.15, -0.1) is 0 Å². The second kappa shape index (κ2) is 5.16. The lowest BCUT2D eigenvalue weighted by molar-refractivity contribution is 0.637. The molecule has 8 heteroatoms. The Morgan fingerprint density at radius 2 is 2.20 bits per heavy atom. The van der Waals surface area contributed by atoms with Gasteiger partial charge in [-0.2, -0.15) is 20.2 Å². The summed E-state index contributed by atoms with van der Waals surface area (Å²) >= 11 is 0. The molecule has 3 N–H and O–H groups in total. The van der Waals surface area contributed by atoms with Crippen molar-refractivity contribution in [3.05, 3.63) is 24.2 Å². The highest BCUT2D eigenvalue weighted by Crippen LogP contribution is 2.19. The maximum atomic E-state index is 4.40. The highest BCUT2D eigenvalue weighted by molar-refractivity contribution is 5.86. The summed E-state index contributed by atoms with van der Waals surface area (Å²) in [4.78, 5) is 8.69. The van der Waals surface area contributed by atoms with E-state index in [1.54, 1.807) is 13.2 Å². The Balaban J connectivity index is 1.74. The van der Waals surface area contributed by atoms with Crippen LogP contribution in [0.4, 0.5) is 11.8 Å². The first-order chi connectivity index (χ1) is 9.76. The fourth-order valence-corrected chi connectivity index (χ4v) is 1.96. The molecule has 0 radical (unpaired) electrons. The van der Waals surface area contributed by atoms with Crippen LogP contribution in [0.1, 0.15) is 5.56 Å². The monoisotopic (exact) mass is 272 g/mol. The molecule has 0 unspecified atom stereocenters. The summed E-state index contributed by atoms with van der Waals surface area (Å²) in [6, 6.07) is 0. The number of fused-ring (bicyclic) bond motifs is 1. The Hall–Kier alpha value is -2.64. The molecule has 0 saturated heterocycles. The molecular formula is C12H16N8. The summed E-state index contributed by atoms with van der Waals surface area (Å²) in [5, 5.41) is 18.2. The van der Waals surface area contributed by atoms with E-state index in [0.29, 0.717) is 11.6 Å². The summed E-state index contributed by atoms with van der Waals surface area (Å²) in [6.07, 6.45) is 5.57. The van der Waals surface area contributed by atoms with Crippen LogP contribution in [0.25, 0.3) is 11.0 Å². The van der Waals surface area contributed by atoms with E-state index < -0.39 is 0 Å². The van der Waals surface area contributed by atoms with Crippen LogP contribution in [-0.4, -0.2) is 43.5 Å². The van der Waals surface area contributed by atoms with Crippen LogP contribution in [0.5, 0.6) is 0 Å². The summed E-state index contributed by atoms with van der Waals surface area (Å²) in [5.41, 5.74) is 1.86. The van der Waals surface area contributed by atoms with Gasteiger partial charge in [0.1, 0.15) is 5.82 Å². The highest BCUT2D eigenvalue weighted by Gasteiger charge is 2.08. The molecule has 104 valence electrons. The first-order valence-corrected chi connectivity index (χ1v) is 6.38. The van der Waals surface area contributed by atoms with Gasteiger partial charge >= 0.3 is 0 Å². The van der Waals surface area contributed by atoms with Gasteiger partial charge in [-0.05, 0) is 12.5 Å². The number of aromatic amines is 1. The zero-order valence-electron chi connectivity index (χ0n) is 11.4. The largest absolute Gasteiger partial charge is 0.367 e. The van der Waals surface area contributed by atoms with Gasteiger partial charge < -0.3 is 10.6 Å². The van der Waals surface area contributed by atoms with E-state index in [1.807, 2.05) is 24.0 Å². The molecular weight excluding hydrogens is 256 g/mol. The Morgan fingerprint density at radius 1 is 1.30 bits per heavy atom. The third kappa shape index (κ3) is 2.40. The number of hydrogen-bond donors (Lipinski definition) is 3. The van der Waals surface area contributed by atoms with Crippen molar-refractivity contribution in [2.45, 2.75) is 13.5 Å². The molecule has 0 amide bonds. The van der Waals surface area contributed by atoms with Crippen LogP contribution in [0.3, 0.4) is 0 Å². The van der Waals surface area contributed by atoms with Crippen molar-refractivity contribution in [2.75, 3.05) is 24.2 Å². The number of rotatable bonds is 5. The van der Waals surface area contributed by atoms with E-state index in [1.165, 1.54) is 0 Å². The minimum absolute atomic E-state index is 0.555. The molecule has 0 aliphatic carbocycles. The van der Waals surface area contributed by atoms with Crippen molar-refractivity contribution in [3.8, 4) is 0 Å². The quantitative estimate of drug-likeness (QED) is 0.641. The average Bonchev–Trinajstić information content (AvgIpc) is 3.07. The minimum atomic E-state index is 0.555. The Labute approximate surface area is 115 Å². The molecule has 8 nitrogen and oxygen atoms in total. The lowest BCUT2D eigenvalue weighted by Crippen LogP contribution is -2.12. The SMILES string of the molecule is CNc1nc(NCCn2cc(C)cn2)c2cn[nH]c2n1. The van der Waals surface area contributed by atoms with Crippen LogP contribution in [0, 0.1) is 6.92 Å². The van der Waals surface area contributed by atoms with E-state index in [4.69, 9.17) is 0 Å². The van der Waals surface area contributed by atoms with Gasteiger partial charge in [0.05, 0.1) is 24.3 Å². The second-order valence-electron chi connectivity index (χ2n) is 4.49. The lowest BCUT2D eigenvalue weighted by atomic mass is 10.4. The van der Waals surface area contributed by atoms with Crippen molar-refractivity contribution in [1.29, 1.82) is 0 Å². The fourth-order valence-electron chi connectivity index (χ4n) is 1.96. The standard InChI is InChI=1S/C12H16N8/c1-8-5-16-20(7-8)4-3-14-10-9-6-15-19-11(9)18-12(13-2)17-10/h5-7H,3-4H2,1-2H3,(H3,13,14,15,17,18,19). The molecule has 3 aromatic heterocycles. The van der Waals surface area contributed by atoms with Gasteiger partial charge in [0.25, 0.3) is 0 Å². The Morgan fingerprint density at radius 3 is 2.95 bits per heavy atom. The molecule has 3 heterocycles. The number of anilines is 2. The third-order valence-corrected chi connectivity index (χ3v) is 2.93. The molecule has 0 aliphatic heterocycles. The summed E-state index contributed by atoms with van der Waals surface area (Å²) in [7, 11) is 1.79. The van der Waals surface area contributed by atoms with Crippen LogP contribution in [-0.2, 0) is 6.54 Å². The highest BCUT2D eigenvalue weighted by atomic mass is 15.3. The predicted octanol–water partition coefficient (Wildman–Crippen LogP) is 1.01. The van der Waals surface area contributed by atoms with Gasteiger partial charge in [-0.1, -0.05) is 0 Å². The third-order valence-electron chi connectivity index (χ3n) is 2.93. The van der Waals surface area contributed by atoms with E-state index in [0.717, 1.165) is 29.9 Å². The van der Waals surface area contributed by atoms with Crippen LogP contribution in [0.2, 0.25) is 0 Å². The van der Waals surface area contributed by atoms with Crippen molar-refractivity contribution in [3.63, 3.8) is 0 Å². The van der Waals surface area contributed by atoms with Crippen molar-refractivity contribution in [2.24, 2.45) is 0 Å². The van der Waals surface area contributed by atoms with E-state index in [2.05, 4.69) is 35.9 Å². The molecule has 0 saturated carbocycles.